The summed E-state index contributed by atoms with van der Waals surface area (Å²) in [5.41, 5.74) is 9.18. The van der Waals surface area contributed by atoms with Crippen LogP contribution in [-0.2, 0) is 4.74 Å². The molecule has 7 heteroatoms. The molecule has 1 aromatic carbocycles. The number of aromatic nitrogens is 3. The SMILES string of the molecule is Nc1ncnc2c1c(C#Cc1cccc(C(=O)NC3CC3)c1)cn2C1CCOCC1. The third kappa shape index (κ3) is 3.74. The topological polar surface area (TPSA) is 95.1 Å². The van der Waals surface area contributed by atoms with Crippen molar-refractivity contribution >= 4 is 22.8 Å². The van der Waals surface area contributed by atoms with Gasteiger partial charge in [-0.05, 0) is 43.9 Å². The summed E-state index contributed by atoms with van der Waals surface area (Å²) in [6.45, 7) is 1.48. The quantitative estimate of drug-likeness (QED) is 0.658. The number of fused-ring (bicyclic) bond motifs is 1. The Balaban J connectivity index is 1.49. The van der Waals surface area contributed by atoms with Crippen molar-refractivity contribution < 1.29 is 9.53 Å². The van der Waals surface area contributed by atoms with E-state index in [1.54, 1.807) is 0 Å². The van der Waals surface area contributed by atoms with Gasteiger partial charge in [-0.2, -0.15) is 0 Å². The molecule has 152 valence electrons. The number of anilines is 1. The molecule has 0 spiro atoms. The molecule has 2 fully saturated rings. The molecule has 5 rings (SSSR count). The smallest absolute Gasteiger partial charge is 0.251 e. The summed E-state index contributed by atoms with van der Waals surface area (Å²) < 4.78 is 7.65. The van der Waals surface area contributed by atoms with Crippen LogP contribution in [0.1, 0.15) is 53.2 Å². The number of carbonyl (C=O) groups excluding carboxylic acids is 1. The van der Waals surface area contributed by atoms with Crippen molar-refractivity contribution in [3.8, 4) is 11.8 Å². The second-order valence-electron chi connectivity index (χ2n) is 7.83. The average Bonchev–Trinajstić information content (AvgIpc) is 3.51. The zero-order valence-corrected chi connectivity index (χ0v) is 16.6. The standard InChI is InChI=1S/C23H23N5O2/c24-21-20-17(13-28(22(20)26-14-25-21)19-8-10-30-11-9-19)5-4-15-2-1-3-16(12-15)23(29)27-18-6-7-18/h1-3,12-14,18-19H,6-11H2,(H,27,29)(H2,24,25,26). The Morgan fingerprint density at radius 3 is 2.80 bits per heavy atom. The van der Waals surface area contributed by atoms with Gasteiger partial charge in [-0.25, -0.2) is 9.97 Å². The Bertz CT molecular complexity index is 1160. The minimum Gasteiger partial charge on any atom is -0.383 e. The van der Waals surface area contributed by atoms with E-state index >= 15 is 0 Å². The lowest BCUT2D eigenvalue weighted by molar-refractivity contribution is 0.0706. The highest BCUT2D eigenvalue weighted by molar-refractivity contribution is 5.95. The first-order valence-electron chi connectivity index (χ1n) is 10.3. The van der Waals surface area contributed by atoms with Crippen molar-refractivity contribution in [2.45, 2.75) is 37.8 Å². The Kier molecular flexibility index (Phi) is 4.85. The van der Waals surface area contributed by atoms with Gasteiger partial charge < -0.3 is 20.4 Å². The van der Waals surface area contributed by atoms with Crippen LogP contribution in [0.25, 0.3) is 11.0 Å². The summed E-state index contributed by atoms with van der Waals surface area (Å²) in [6.07, 6.45) is 7.49. The Morgan fingerprint density at radius 2 is 2.00 bits per heavy atom. The first-order valence-corrected chi connectivity index (χ1v) is 10.3. The van der Waals surface area contributed by atoms with Crippen molar-refractivity contribution in [1.82, 2.24) is 19.9 Å². The number of benzene rings is 1. The minimum atomic E-state index is -0.0464. The Morgan fingerprint density at radius 1 is 1.17 bits per heavy atom. The summed E-state index contributed by atoms with van der Waals surface area (Å²) in [6, 6.07) is 8.02. The van der Waals surface area contributed by atoms with E-state index in [0.29, 0.717) is 23.5 Å². The molecule has 2 aromatic heterocycles. The lowest BCUT2D eigenvalue weighted by Crippen LogP contribution is -2.25. The van der Waals surface area contributed by atoms with Crippen LogP contribution in [0.4, 0.5) is 5.82 Å². The maximum atomic E-state index is 12.3. The number of hydrogen-bond acceptors (Lipinski definition) is 5. The number of nitrogens with zero attached hydrogens (tertiary/aromatic N) is 3. The molecule has 1 aliphatic carbocycles. The maximum Gasteiger partial charge on any atom is 0.251 e. The number of carbonyl (C=O) groups is 1. The van der Waals surface area contributed by atoms with E-state index in [2.05, 4.69) is 31.7 Å². The van der Waals surface area contributed by atoms with Gasteiger partial charge in [0, 0.05) is 42.6 Å². The van der Waals surface area contributed by atoms with Crippen LogP contribution in [0.5, 0.6) is 0 Å². The number of amides is 1. The lowest BCUT2D eigenvalue weighted by atomic mass is 10.1. The minimum absolute atomic E-state index is 0.0464. The zero-order valence-electron chi connectivity index (χ0n) is 16.6. The van der Waals surface area contributed by atoms with E-state index in [0.717, 1.165) is 61.1 Å². The van der Waals surface area contributed by atoms with E-state index in [4.69, 9.17) is 10.5 Å². The number of ether oxygens (including phenoxy) is 1. The van der Waals surface area contributed by atoms with Crippen LogP contribution in [0, 0.1) is 11.8 Å². The fourth-order valence-corrected chi connectivity index (χ4v) is 3.82. The Hall–Kier alpha value is -3.37. The van der Waals surface area contributed by atoms with E-state index in [1.807, 2.05) is 30.5 Å². The summed E-state index contributed by atoms with van der Waals surface area (Å²) >= 11 is 0. The van der Waals surface area contributed by atoms with E-state index in [-0.39, 0.29) is 5.91 Å². The first-order chi connectivity index (χ1) is 14.7. The molecule has 1 amide bonds. The molecular weight excluding hydrogens is 378 g/mol. The molecule has 3 heterocycles. The molecule has 0 bridgehead atoms. The number of nitrogens with one attached hydrogen (secondary N) is 1. The monoisotopic (exact) mass is 401 g/mol. The van der Waals surface area contributed by atoms with Crippen molar-refractivity contribution in [3.63, 3.8) is 0 Å². The third-order valence-corrected chi connectivity index (χ3v) is 5.60. The average molecular weight is 401 g/mol. The first kappa shape index (κ1) is 18.6. The van der Waals surface area contributed by atoms with Crippen LogP contribution in [-0.4, -0.2) is 39.7 Å². The van der Waals surface area contributed by atoms with Crippen molar-refractivity contribution in [3.05, 3.63) is 53.5 Å². The Labute approximate surface area is 174 Å². The molecular formula is C23H23N5O2. The van der Waals surface area contributed by atoms with Crippen LogP contribution in [0.2, 0.25) is 0 Å². The molecule has 1 saturated heterocycles. The van der Waals surface area contributed by atoms with Gasteiger partial charge >= 0.3 is 0 Å². The number of rotatable bonds is 3. The molecule has 3 N–H and O–H groups in total. The maximum absolute atomic E-state index is 12.3. The van der Waals surface area contributed by atoms with Gasteiger partial charge in [-0.15, -0.1) is 0 Å². The molecule has 1 aliphatic heterocycles. The molecule has 2 aliphatic rings. The van der Waals surface area contributed by atoms with E-state index < -0.39 is 0 Å². The summed E-state index contributed by atoms with van der Waals surface area (Å²) in [4.78, 5) is 20.9. The molecule has 7 nitrogen and oxygen atoms in total. The fourth-order valence-electron chi connectivity index (χ4n) is 3.82. The van der Waals surface area contributed by atoms with Crippen molar-refractivity contribution in [2.24, 2.45) is 0 Å². The molecule has 30 heavy (non-hydrogen) atoms. The van der Waals surface area contributed by atoms with Crippen molar-refractivity contribution in [1.29, 1.82) is 0 Å². The second kappa shape index (κ2) is 7.81. The fraction of sp³-hybridized carbons (Fsp3) is 0.348. The second-order valence-corrected chi connectivity index (χ2v) is 7.83. The van der Waals surface area contributed by atoms with Crippen molar-refractivity contribution in [2.75, 3.05) is 18.9 Å². The number of hydrogen-bond donors (Lipinski definition) is 2. The van der Waals surface area contributed by atoms with Gasteiger partial charge in [0.1, 0.15) is 17.8 Å². The number of nitrogen functional groups attached to an aromatic ring is 1. The van der Waals surface area contributed by atoms with Gasteiger partial charge in [0.05, 0.1) is 10.9 Å². The summed E-state index contributed by atoms with van der Waals surface area (Å²) in [7, 11) is 0. The third-order valence-electron chi connectivity index (χ3n) is 5.60. The van der Waals surface area contributed by atoms with Gasteiger partial charge in [0.15, 0.2) is 0 Å². The highest BCUT2D eigenvalue weighted by Gasteiger charge is 2.24. The molecule has 0 radical (unpaired) electrons. The van der Waals surface area contributed by atoms with Gasteiger partial charge in [0.25, 0.3) is 5.91 Å². The zero-order chi connectivity index (χ0) is 20.5. The molecule has 1 saturated carbocycles. The number of nitrogens with two attached hydrogens (primary N) is 1. The lowest BCUT2D eigenvalue weighted by Gasteiger charge is -2.23. The molecule has 0 unspecified atom stereocenters. The summed E-state index contributed by atoms with van der Waals surface area (Å²) in [5.74, 6) is 6.79. The largest absolute Gasteiger partial charge is 0.383 e. The molecule has 0 atom stereocenters. The van der Waals surface area contributed by atoms with Gasteiger partial charge in [-0.3, -0.25) is 4.79 Å². The predicted octanol–water partition coefficient (Wildman–Crippen LogP) is 2.66. The normalized spacial score (nSPS) is 16.8. The molecule has 3 aromatic rings. The van der Waals surface area contributed by atoms with E-state index in [9.17, 15) is 4.79 Å². The van der Waals surface area contributed by atoms with Crippen LogP contribution in [0.3, 0.4) is 0 Å². The van der Waals surface area contributed by atoms with Crippen LogP contribution >= 0.6 is 0 Å². The van der Waals surface area contributed by atoms with Gasteiger partial charge in [0.2, 0.25) is 0 Å². The predicted molar refractivity (Wildman–Crippen MR) is 114 cm³/mol. The van der Waals surface area contributed by atoms with Gasteiger partial charge in [-0.1, -0.05) is 17.9 Å². The summed E-state index contributed by atoms with van der Waals surface area (Å²) in [5, 5.41) is 3.79. The van der Waals surface area contributed by atoms with E-state index in [1.165, 1.54) is 6.33 Å². The highest BCUT2D eigenvalue weighted by atomic mass is 16.5. The van der Waals surface area contributed by atoms with Crippen LogP contribution in [0.15, 0.2) is 36.8 Å². The van der Waals surface area contributed by atoms with Crippen LogP contribution < -0.4 is 11.1 Å². The highest BCUT2D eigenvalue weighted by Crippen LogP contribution is 2.30.